The molecule has 0 saturated carbocycles. The van der Waals surface area contributed by atoms with Crippen molar-refractivity contribution in [3.8, 4) is 5.75 Å². The number of phenolic OH excluding ortho intramolecular Hbond substituents is 1. The van der Waals surface area contributed by atoms with Gasteiger partial charge in [0.25, 0.3) is 0 Å². The maximum Gasteiger partial charge on any atom is 0.129 e. The van der Waals surface area contributed by atoms with Gasteiger partial charge >= 0.3 is 0 Å². The summed E-state index contributed by atoms with van der Waals surface area (Å²) >= 11 is 0. The molecule has 0 amide bonds. The number of likely N-dealkylation sites (tertiary alicyclic amines) is 1. The van der Waals surface area contributed by atoms with Gasteiger partial charge < -0.3 is 10.0 Å². The lowest BCUT2D eigenvalue weighted by Crippen LogP contribution is -2.30. The second-order valence-electron chi connectivity index (χ2n) is 7.73. The number of hydrogen-bond acceptors (Lipinski definition) is 2. The molecule has 3 heteroatoms. The Morgan fingerprint density at radius 3 is 2.41 bits per heavy atom. The lowest BCUT2D eigenvalue weighted by atomic mass is 9.96. The van der Waals surface area contributed by atoms with Gasteiger partial charge in [-0.05, 0) is 86.1 Å². The second kappa shape index (κ2) is 9.89. The quantitative estimate of drug-likeness (QED) is 0.652. The van der Waals surface area contributed by atoms with E-state index in [0.29, 0.717) is 12.0 Å². The average molecular weight is 370 g/mol. The first-order valence-electron chi connectivity index (χ1n) is 10.4. The van der Waals surface area contributed by atoms with E-state index in [4.69, 9.17) is 0 Å². The van der Waals surface area contributed by atoms with Crippen LogP contribution in [0.1, 0.15) is 61.0 Å². The van der Waals surface area contributed by atoms with Crippen molar-refractivity contribution < 1.29 is 9.50 Å². The van der Waals surface area contributed by atoms with Crippen molar-refractivity contribution in [2.24, 2.45) is 0 Å². The van der Waals surface area contributed by atoms with Gasteiger partial charge in [-0.25, -0.2) is 4.39 Å². The highest BCUT2D eigenvalue weighted by Gasteiger charge is 2.15. The summed E-state index contributed by atoms with van der Waals surface area (Å²) in [6.07, 6.45) is 6.43. The molecule has 1 atom stereocenters. The van der Waals surface area contributed by atoms with E-state index < -0.39 is 6.17 Å². The Morgan fingerprint density at radius 2 is 1.70 bits per heavy atom. The minimum absolute atomic E-state index is 0.205. The molecule has 0 aromatic heterocycles. The Morgan fingerprint density at radius 1 is 1.00 bits per heavy atom. The summed E-state index contributed by atoms with van der Waals surface area (Å²) in [5.41, 5.74) is 3.94. The number of benzene rings is 2. The average Bonchev–Trinajstić information content (AvgIpc) is 2.70. The lowest BCUT2D eigenvalue weighted by Gasteiger charge is -2.26. The first-order valence-corrected chi connectivity index (χ1v) is 10.4. The van der Waals surface area contributed by atoms with Crippen LogP contribution in [0.2, 0.25) is 0 Å². The van der Waals surface area contributed by atoms with Gasteiger partial charge in [0, 0.05) is 6.42 Å². The zero-order valence-electron chi connectivity index (χ0n) is 16.5. The van der Waals surface area contributed by atoms with E-state index in [1.54, 1.807) is 18.2 Å². The number of halogens is 1. The van der Waals surface area contributed by atoms with Gasteiger partial charge in [0.05, 0.1) is 0 Å². The van der Waals surface area contributed by atoms with Crippen LogP contribution in [0.25, 0.3) is 0 Å². The van der Waals surface area contributed by atoms with Crippen molar-refractivity contribution in [2.45, 2.75) is 58.0 Å². The van der Waals surface area contributed by atoms with E-state index in [0.717, 1.165) is 24.0 Å². The number of piperidine rings is 1. The number of rotatable bonds is 8. The Hall–Kier alpha value is -1.87. The third-order valence-corrected chi connectivity index (χ3v) is 5.67. The minimum Gasteiger partial charge on any atom is -0.508 e. The normalized spacial score (nSPS) is 16.4. The molecule has 27 heavy (non-hydrogen) atoms. The number of alkyl halides is 1. The molecule has 1 saturated heterocycles. The van der Waals surface area contributed by atoms with Crippen LogP contribution < -0.4 is 0 Å². The number of hydrogen-bond donors (Lipinski definition) is 1. The predicted molar refractivity (Wildman–Crippen MR) is 110 cm³/mol. The van der Waals surface area contributed by atoms with E-state index in [1.165, 1.54) is 50.9 Å². The maximum atomic E-state index is 14.8. The van der Waals surface area contributed by atoms with Crippen LogP contribution in [0.4, 0.5) is 4.39 Å². The van der Waals surface area contributed by atoms with Gasteiger partial charge in [0.2, 0.25) is 0 Å². The Balaban J connectivity index is 1.51. The van der Waals surface area contributed by atoms with Crippen molar-refractivity contribution in [3.05, 3.63) is 64.7 Å². The fraction of sp³-hybridized carbons (Fsp3) is 0.500. The van der Waals surface area contributed by atoms with Crippen molar-refractivity contribution in [2.75, 3.05) is 19.6 Å². The molecule has 1 unspecified atom stereocenters. The third kappa shape index (κ3) is 5.80. The molecule has 1 aliphatic rings. The zero-order valence-corrected chi connectivity index (χ0v) is 16.5. The lowest BCUT2D eigenvalue weighted by molar-refractivity contribution is 0.226. The van der Waals surface area contributed by atoms with Gasteiger partial charge in [-0.2, -0.15) is 0 Å². The van der Waals surface area contributed by atoms with Crippen LogP contribution in [-0.4, -0.2) is 29.6 Å². The molecular formula is C24H32FNO. The molecule has 0 radical (unpaired) electrons. The van der Waals surface area contributed by atoms with Crippen molar-refractivity contribution >= 4 is 0 Å². The molecule has 0 bridgehead atoms. The highest BCUT2D eigenvalue weighted by molar-refractivity contribution is 5.37. The molecular weight excluding hydrogens is 337 g/mol. The molecule has 146 valence electrons. The Kier molecular flexibility index (Phi) is 7.28. The van der Waals surface area contributed by atoms with Crippen molar-refractivity contribution in [3.63, 3.8) is 0 Å². The highest BCUT2D eigenvalue weighted by Crippen LogP contribution is 2.28. The summed E-state index contributed by atoms with van der Waals surface area (Å²) in [4.78, 5) is 2.58. The Labute approximate surface area is 163 Å². The van der Waals surface area contributed by atoms with E-state index >= 15 is 0 Å². The van der Waals surface area contributed by atoms with E-state index in [9.17, 15) is 9.50 Å². The molecule has 0 spiro atoms. The van der Waals surface area contributed by atoms with E-state index in [2.05, 4.69) is 29.2 Å². The van der Waals surface area contributed by atoms with Crippen LogP contribution in [0, 0.1) is 0 Å². The summed E-state index contributed by atoms with van der Waals surface area (Å²) < 4.78 is 14.8. The molecule has 3 rings (SSSR count). The molecule has 2 nitrogen and oxygen atoms in total. The van der Waals surface area contributed by atoms with E-state index in [-0.39, 0.29) is 5.75 Å². The molecule has 1 heterocycles. The maximum absolute atomic E-state index is 14.8. The van der Waals surface area contributed by atoms with Crippen LogP contribution in [0.3, 0.4) is 0 Å². The highest BCUT2D eigenvalue weighted by atomic mass is 19.1. The largest absolute Gasteiger partial charge is 0.508 e. The smallest absolute Gasteiger partial charge is 0.129 e. The first kappa shape index (κ1) is 19.9. The van der Waals surface area contributed by atoms with E-state index in [1.807, 2.05) is 6.92 Å². The first-order chi connectivity index (χ1) is 13.2. The van der Waals surface area contributed by atoms with Crippen molar-refractivity contribution in [1.29, 1.82) is 0 Å². The minimum atomic E-state index is -1.04. The fourth-order valence-electron chi connectivity index (χ4n) is 4.05. The van der Waals surface area contributed by atoms with Gasteiger partial charge in [-0.1, -0.05) is 43.7 Å². The summed E-state index contributed by atoms with van der Waals surface area (Å²) in [5.74, 6) is 0.205. The molecule has 2 aromatic rings. The standard InChI is InChI=1S/C24H32FNO/c1-2-21-18-22(27)12-13-23(21)24(25)17-20-10-8-19(9-11-20)7-6-16-26-14-4-3-5-15-26/h8-13,18,24,27H,2-7,14-17H2,1H3. The fourth-order valence-corrected chi connectivity index (χ4v) is 4.05. The number of aromatic hydroxyl groups is 1. The van der Waals surface area contributed by atoms with Crippen LogP contribution in [0.5, 0.6) is 5.75 Å². The van der Waals surface area contributed by atoms with Gasteiger partial charge in [0.1, 0.15) is 11.9 Å². The number of phenols is 1. The predicted octanol–water partition coefficient (Wildman–Crippen LogP) is 5.63. The third-order valence-electron chi connectivity index (χ3n) is 5.67. The molecule has 2 aromatic carbocycles. The zero-order chi connectivity index (χ0) is 19.1. The molecule has 1 fully saturated rings. The van der Waals surface area contributed by atoms with Gasteiger partial charge in [0.15, 0.2) is 0 Å². The van der Waals surface area contributed by atoms with Crippen molar-refractivity contribution in [1.82, 2.24) is 4.90 Å². The number of nitrogens with zero attached hydrogens (tertiary/aromatic N) is 1. The van der Waals surface area contributed by atoms with Crippen LogP contribution in [0.15, 0.2) is 42.5 Å². The second-order valence-corrected chi connectivity index (χ2v) is 7.73. The summed E-state index contributed by atoms with van der Waals surface area (Å²) in [7, 11) is 0. The number of aryl methyl sites for hydroxylation is 2. The molecule has 1 aliphatic heterocycles. The van der Waals surface area contributed by atoms with Gasteiger partial charge in [-0.15, -0.1) is 0 Å². The molecule has 0 aliphatic carbocycles. The summed E-state index contributed by atoms with van der Waals surface area (Å²) in [6.45, 7) is 5.69. The summed E-state index contributed by atoms with van der Waals surface area (Å²) in [6, 6.07) is 13.4. The van der Waals surface area contributed by atoms with Crippen LogP contribution >= 0.6 is 0 Å². The topological polar surface area (TPSA) is 23.5 Å². The Bertz CT molecular complexity index is 707. The monoisotopic (exact) mass is 369 g/mol. The van der Waals surface area contributed by atoms with Crippen LogP contribution in [-0.2, 0) is 19.3 Å². The SMILES string of the molecule is CCc1cc(O)ccc1C(F)Cc1ccc(CCCN2CCCCC2)cc1. The molecule has 1 N–H and O–H groups in total. The van der Waals surface area contributed by atoms with Gasteiger partial charge in [-0.3, -0.25) is 0 Å². The summed E-state index contributed by atoms with van der Waals surface area (Å²) in [5, 5.41) is 9.60.